The van der Waals surface area contributed by atoms with E-state index in [4.69, 9.17) is 4.74 Å². The van der Waals surface area contributed by atoms with Crippen LogP contribution in [0.1, 0.15) is 13.3 Å². The third kappa shape index (κ3) is 6.56. The first-order valence-corrected chi connectivity index (χ1v) is 6.31. The molecule has 0 aliphatic rings. The van der Waals surface area contributed by atoms with Crippen LogP contribution in [-0.4, -0.2) is 49.2 Å². The Kier molecular flexibility index (Phi) is 7.26. The number of amides is 1. The molecule has 0 unspecified atom stereocenters. The van der Waals surface area contributed by atoms with Crippen LogP contribution in [0.5, 0.6) is 0 Å². The lowest BCUT2D eigenvalue weighted by Crippen LogP contribution is -2.28. The first kappa shape index (κ1) is 15.2. The third-order valence-corrected chi connectivity index (χ3v) is 2.28. The minimum absolute atomic E-state index is 0.0136. The number of anilines is 2. The summed E-state index contributed by atoms with van der Waals surface area (Å²) >= 11 is 0. The van der Waals surface area contributed by atoms with Crippen LogP contribution in [0, 0.1) is 0 Å². The fourth-order valence-corrected chi connectivity index (χ4v) is 1.40. The number of carbonyl (C=O) groups excluding carboxylic acids is 1. The van der Waals surface area contributed by atoms with Crippen LogP contribution in [0.15, 0.2) is 12.4 Å². The van der Waals surface area contributed by atoms with E-state index in [0.717, 1.165) is 12.4 Å². The van der Waals surface area contributed by atoms with E-state index >= 15 is 0 Å². The van der Waals surface area contributed by atoms with Gasteiger partial charge in [0, 0.05) is 33.2 Å². The number of nitrogens with zero attached hydrogens (tertiary/aromatic N) is 2. The van der Waals surface area contributed by atoms with Gasteiger partial charge in [-0.25, -0.2) is 4.98 Å². The third-order valence-electron chi connectivity index (χ3n) is 2.28. The van der Waals surface area contributed by atoms with Crippen LogP contribution in [0.3, 0.4) is 0 Å². The van der Waals surface area contributed by atoms with Gasteiger partial charge in [0.25, 0.3) is 0 Å². The Morgan fingerprint density at radius 3 is 2.68 bits per heavy atom. The zero-order chi connectivity index (χ0) is 13.9. The van der Waals surface area contributed by atoms with E-state index in [1.54, 1.807) is 19.5 Å². The molecule has 0 saturated carbocycles. The van der Waals surface area contributed by atoms with Gasteiger partial charge in [0.2, 0.25) is 5.91 Å². The molecule has 1 aromatic heterocycles. The van der Waals surface area contributed by atoms with Gasteiger partial charge in [0.05, 0.1) is 19.0 Å². The molecular weight excluding hydrogens is 246 g/mol. The Bertz CT molecular complexity index is 386. The van der Waals surface area contributed by atoms with E-state index in [0.29, 0.717) is 31.9 Å². The summed E-state index contributed by atoms with van der Waals surface area (Å²) in [6, 6.07) is 0. The van der Waals surface area contributed by atoms with E-state index < -0.39 is 0 Å². The molecule has 1 rings (SSSR count). The van der Waals surface area contributed by atoms with Gasteiger partial charge in [0.15, 0.2) is 0 Å². The summed E-state index contributed by atoms with van der Waals surface area (Å²) in [6.07, 6.45) is 3.67. The molecule has 1 amide bonds. The van der Waals surface area contributed by atoms with Crippen molar-refractivity contribution in [3.8, 4) is 0 Å². The summed E-state index contributed by atoms with van der Waals surface area (Å²) < 4.78 is 4.85. The lowest BCUT2D eigenvalue weighted by molar-refractivity contribution is -0.121. The zero-order valence-corrected chi connectivity index (χ0v) is 11.4. The van der Waals surface area contributed by atoms with Crippen molar-refractivity contribution in [3.05, 3.63) is 12.4 Å². The highest BCUT2D eigenvalue weighted by Crippen LogP contribution is 2.05. The van der Waals surface area contributed by atoms with Crippen molar-refractivity contribution in [2.75, 3.05) is 44.0 Å². The number of hydrogen-bond acceptors (Lipinski definition) is 6. The van der Waals surface area contributed by atoms with E-state index in [9.17, 15) is 4.79 Å². The van der Waals surface area contributed by atoms with Gasteiger partial charge in [-0.05, 0) is 6.92 Å². The lowest BCUT2D eigenvalue weighted by Gasteiger charge is -2.08. The van der Waals surface area contributed by atoms with E-state index in [2.05, 4.69) is 25.9 Å². The van der Waals surface area contributed by atoms with E-state index in [1.165, 1.54) is 0 Å². The molecule has 0 aliphatic heterocycles. The summed E-state index contributed by atoms with van der Waals surface area (Å²) in [4.78, 5) is 19.8. The maximum atomic E-state index is 11.4. The van der Waals surface area contributed by atoms with Gasteiger partial charge in [0.1, 0.15) is 11.6 Å². The molecule has 19 heavy (non-hydrogen) atoms. The fraction of sp³-hybridized carbons (Fsp3) is 0.583. The van der Waals surface area contributed by atoms with Gasteiger partial charge in [-0.1, -0.05) is 0 Å². The normalized spacial score (nSPS) is 10.0. The summed E-state index contributed by atoms with van der Waals surface area (Å²) in [5.41, 5.74) is 0. The SMILES string of the molecule is CCNc1cncc(NCCC(=O)NCCOC)n1. The van der Waals surface area contributed by atoms with Crippen molar-refractivity contribution in [1.82, 2.24) is 15.3 Å². The van der Waals surface area contributed by atoms with Gasteiger partial charge in [-0.15, -0.1) is 0 Å². The van der Waals surface area contributed by atoms with Gasteiger partial charge in [-0.2, -0.15) is 0 Å². The maximum Gasteiger partial charge on any atom is 0.221 e. The second kappa shape index (κ2) is 9.09. The van der Waals surface area contributed by atoms with E-state index in [-0.39, 0.29) is 5.91 Å². The highest BCUT2D eigenvalue weighted by Gasteiger charge is 2.01. The standard InChI is InChI=1S/C12H21N5O2/c1-3-14-10-8-13-9-11(17-10)15-5-4-12(18)16-6-7-19-2/h8-9H,3-7H2,1-2H3,(H,16,18)(H2,14,15,17). The number of carbonyl (C=O) groups is 1. The van der Waals surface area contributed by atoms with Crippen molar-refractivity contribution in [2.45, 2.75) is 13.3 Å². The molecule has 0 aromatic carbocycles. The number of aromatic nitrogens is 2. The van der Waals surface area contributed by atoms with Crippen molar-refractivity contribution in [2.24, 2.45) is 0 Å². The molecule has 0 bridgehead atoms. The molecule has 3 N–H and O–H groups in total. The Morgan fingerprint density at radius 1 is 1.26 bits per heavy atom. The Hall–Kier alpha value is -1.89. The van der Waals surface area contributed by atoms with Crippen LogP contribution in [0.2, 0.25) is 0 Å². The van der Waals surface area contributed by atoms with Crippen LogP contribution >= 0.6 is 0 Å². The van der Waals surface area contributed by atoms with Crippen LogP contribution in [0.25, 0.3) is 0 Å². The lowest BCUT2D eigenvalue weighted by atomic mass is 10.4. The van der Waals surface area contributed by atoms with Crippen LogP contribution < -0.4 is 16.0 Å². The Labute approximate surface area is 113 Å². The number of rotatable bonds is 9. The first-order chi connectivity index (χ1) is 9.26. The topological polar surface area (TPSA) is 88.2 Å². The van der Waals surface area contributed by atoms with Crippen molar-refractivity contribution < 1.29 is 9.53 Å². The fourth-order valence-electron chi connectivity index (χ4n) is 1.40. The van der Waals surface area contributed by atoms with Crippen LogP contribution in [0.4, 0.5) is 11.6 Å². The maximum absolute atomic E-state index is 11.4. The van der Waals surface area contributed by atoms with Gasteiger partial charge < -0.3 is 20.7 Å². The highest BCUT2D eigenvalue weighted by atomic mass is 16.5. The van der Waals surface area contributed by atoms with E-state index in [1.807, 2.05) is 6.92 Å². The molecule has 0 atom stereocenters. The summed E-state index contributed by atoms with van der Waals surface area (Å²) in [5.74, 6) is 1.36. The number of ether oxygens (including phenoxy) is 1. The smallest absolute Gasteiger partial charge is 0.221 e. The zero-order valence-electron chi connectivity index (χ0n) is 11.4. The summed E-state index contributed by atoms with van der Waals surface area (Å²) in [5, 5.41) is 8.88. The Morgan fingerprint density at radius 2 is 2.00 bits per heavy atom. The predicted octanol–water partition coefficient (Wildman–Crippen LogP) is 0.473. The van der Waals surface area contributed by atoms with Crippen molar-refractivity contribution >= 4 is 17.5 Å². The Balaban J connectivity index is 2.24. The molecule has 7 nitrogen and oxygen atoms in total. The largest absolute Gasteiger partial charge is 0.383 e. The second-order valence-corrected chi connectivity index (χ2v) is 3.84. The number of nitrogens with one attached hydrogen (secondary N) is 3. The summed E-state index contributed by atoms with van der Waals surface area (Å²) in [6.45, 7) is 4.36. The predicted molar refractivity (Wildman–Crippen MR) is 74.2 cm³/mol. The van der Waals surface area contributed by atoms with Crippen molar-refractivity contribution in [1.29, 1.82) is 0 Å². The van der Waals surface area contributed by atoms with Gasteiger partial charge >= 0.3 is 0 Å². The average Bonchev–Trinajstić information content (AvgIpc) is 2.40. The highest BCUT2D eigenvalue weighted by molar-refractivity contribution is 5.76. The molecule has 0 fully saturated rings. The first-order valence-electron chi connectivity index (χ1n) is 6.31. The molecule has 1 heterocycles. The molecule has 0 radical (unpaired) electrons. The molecule has 0 spiro atoms. The minimum atomic E-state index is -0.0136. The second-order valence-electron chi connectivity index (χ2n) is 3.84. The van der Waals surface area contributed by atoms with Gasteiger partial charge in [-0.3, -0.25) is 9.78 Å². The quantitative estimate of drug-likeness (QED) is 0.564. The monoisotopic (exact) mass is 267 g/mol. The number of hydrogen-bond donors (Lipinski definition) is 3. The molecular formula is C12H21N5O2. The number of methoxy groups -OCH3 is 1. The molecule has 0 aliphatic carbocycles. The molecule has 0 saturated heterocycles. The average molecular weight is 267 g/mol. The van der Waals surface area contributed by atoms with Crippen molar-refractivity contribution in [3.63, 3.8) is 0 Å². The molecule has 106 valence electrons. The minimum Gasteiger partial charge on any atom is -0.383 e. The van der Waals surface area contributed by atoms with Crippen LogP contribution in [-0.2, 0) is 9.53 Å². The molecule has 1 aromatic rings. The molecule has 7 heteroatoms. The summed E-state index contributed by atoms with van der Waals surface area (Å²) in [7, 11) is 1.60.